The molecule has 0 saturated heterocycles. The Balaban J connectivity index is 1.46. The number of hydrogen-bond acceptors (Lipinski definition) is 6. The number of hydrogen-bond donors (Lipinski definition) is 2. The lowest BCUT2D eigenvalue weighted by Crippen LogP contribution is -2.26. The Labute approximate surface area is 222 Å². The minimum Gasteiger partial charge on any atom is -0.497 e. The van der Waals surface area contributed by atoms with Crippen molar-refractivity contribution in [2.24, 2.45) is 0 Å². The van der Waals surface area contributed by atoms with E-state index in [1.54, 1.807) is 13.3 Å². The first-order valence-electron chi connectivity index (χ1n) is 12.3. The molecule has 0 bridgehead atoms. The van der Waals surface area contributed by atoms with Crippen LogP contribution in [0.1, 0.15) is 27.2 Å². The lowest BCUT2D eigenvalue weighted by atomic mass is 10.0. The normalized spacial score (nSPS) is 11.9. The molecular formula is C28H32FN5O3S. The van der Waals surface area contributed by atoms with Gasteiger partial charge in [0.2, 0.25) is 10.0 Å². The third-order valence-electron chi connectivity index (χ3n) is 5.89. The maximum absolute atomic E-state index is 13.1. The van der Waals surface area contributed by atoms with Gasteiger partial charge in [-0.15, -0.1) is 0 Å². The molecule has 200 valence electrons. The van der Waals surface area contributed by atoms with Crippen LogP contribution in [0.5, 0.6) is 5.75 Å². The molecule has 0 amide bonds. The molecule has 2 N–H and O–H groups in total. The van der Waals surface area contributed by atoms with Gasteiger partial charge in [0.15, 0.2) is 0 Å². The number of benzene rings is 2. The van der Waals surface area contributed by atoms with Crippen LogP contribution in [-0.2, 0) is 15.6 Å². The third kappa shape index (κ3) is 6.56. The number of nitrogens with zero attached hydrogens (tertiary/aromatic N) is 3. The minimum absolute atomic E-state index is 0.0314. The molecule has 0 atom stereocenters. The van der Waals surface area contributed by atoms with Gasteiger partial charge in [0.25, 0.3) is 0 Å². The molecule has 0 saturated carbocycles. The Morgan fingerprint density at radius 2 is 1.76 bits per heavy atom. The summed E-state index contributed by atoms with van der Waals surface area (Å²) >= 11 is 0. The second kappa shape index (κ2) is 11.3. The van der Waals surface area contributed by atoms with Gasteiger partial charge in [-0.2, -0.15) is 5.10 Å². The zero-order valence-electron chi connectivity index (χ0n) is 21.9. The molecule has 10 heteroatoms. The van der Waals surface area contributed by atoms with Crippen LogP contribution in [0.2, 0.25) is 0 Å². The highest BCUT2D eigenvalue weighted by molar-refractivity contribution is 7.89. The van der Waals surface area contributed by atoms with E-state index in [1.165, 1.54) is 12.1 Å². The number of aromatic nitrogens is 3. The molecular weight excluding hydrogens is 505 g/mol. The van der Waals surface area contributed by atoms with Gasteiger partial charge in [-0.3, -0.25) is 4.68 Å². The van der Waals surface area contributed by atoms with Crippen molar-refractivity contribution in [3.63, 3.8) is 0 Å². The fourth-order valence-electron chi connectivity index (χ4n) is 3.82. The number of ether oxygens (including phenoxy) is 1. The molecule has 2 heterocycles. The van der Waals surface area contributed by atoms with Gasteiger partial charge in [-0.1, -0.05) is 12.1 Å². The van der Waals surface area contributed by atoms with E-state index in [1.807, 2.05) is 47.3 Å². The summed E-state index contributed by atoms with van der Waals surface area (Å²) in [5.74, 6) is 0.944. The number of methoxy groups -OCH3 is 1. The highest BCUT2D eigenvalue weighted by Gasteiger charge is 2.21. The smallest absolute Gasteiger partial charge is 0.240 e. The maximum atomic E-state index is 13.1. The highest BCUT2D eigenvalue weighted by atomic mass is 32.2. The molecule has 0 aliphatic heterocycles. The van der Waals surface area contributed by atoms with Crippen molar-refractivity contribution >= 4 is 15.8 Å². The van der Waals surface area contributed by atoms with E-state index in [9.17, 15) is 12.8 Å². The summed E-state index contributed by atoms with van der Waals surface area (Å²) in [6.45, 7) is 7.03. The van der Waals surface area contributed by atoms with Gasteiger partial charge in [0.1, 0.15) is 23.1 Å². The van der Waals surface area contributed by atoms with E-state index in [4.69, 9.17) is 9.84 Å². The summed E-state index contributed by atoms with van der Waals surface area (Å²) in [5, 5.41) is 8.17. The van der Waals surface area contributed by atoms with E-state index in [0.29, 0.717) is 18.8 Å². The number of sulfonamides is 1. The average Bonchev–Trinajstić information content (AvgIpc) is 3.35. The van der Waals surface area contributed by atoms with Crippen molar-refractivity contribution in [2.75, 3.05) is 25.5 Å². The standard InChI is InChI=1S/C28H32FN5O3S/c1-28(2,3)34-19-25(27(33-34)21-7-5-8-23(17-21)37-4)20-13-16-31-26(18-20)30-14-6-15-32-38(35,36)24-11-9-22(29)10-12-24/h5,7-13,16-19,32H,6,14-15H2,1-4H3,(H,30,31). The Morgan fingerprint density at radius 3 is 2.47 bits per heavy atom. The number of halogens is 1. The number of nitrogens with one attached hydrogen (secondary N) is 2. The number of rotatable bonds is 10. The van der Waals surface area contributed by atoms with Gasteiger partial charge in [-0.25, -0.2) is 22.5 Å². The van der Waals surface area contributed by atoms with Crippen molar-refractivity contribution in [3.05, 3.63) is 78.9 Å². The molecule has 4 rings (SSSR count). The molecule has 38 heavy (non-hydrogen) atoms. The predicted molar refractivity (Wildman–Crippen MR) is 147 cm³/mol. The maximum Gasteiger partial charge on any atom is 0.240 e. The first-order chi connectivity index (χ1) is 18.1. The Bertz CT molecular complexity index is 1500. The van der Waals surface area contributed by atoms with Crippen molar-refractivity contribution in [1.29, 1.82) is 0 Å². The van der Waals surface area contributed by atoms with Gasteiger partial charge in [0, 0.05) is 36.6 Å². The van der Waals surface area contributed by atoms with Crippen LogP contribution in [0.3, 0.4) is 0 Å². The largest absolute Gasteiger partial charge is 0.497 e. The molecule has 0 spiro atoms. The molecule has 2 aromatic carbocycles. The van der Waals surface area contributed by atoms with Gasteiger partial charge >= 0.3 is 0 Å². The first-order valence-corrected chi connectivity index (χ1v) is 13.8. The van der Waals surface area contributed by atoms with Crippen LogP contribution < -0.4 is 14.8 Å². The van der Waals surface area contributed by atoms with Crippen LogP contribution in [0, 0.1) is 5.82 Å². The van der Waals surface area contributed by atoms with E-state index >= 15 is 0 Å². The van der Waals surface area contributed by atoms with Gasteiger partial charge < -0.3 is 10.1 Å². The molecule has 0 fully saturated rings. The van der Waals surface area contributed by atoms with Gasteiger partial charge in [-0.05, 0) is 81.3 Å². The van der Waals surface area contributed by atoms with Crippen molar-refractivity contribution in [3.8, 4) is 28.1 Å². The fourth-order valence-corrected chi connectivity index (χ4v) is 4.89. The molecule has 0 aliphatic rings. The van der Waals surface area contributed by atoms with E-state index in [-0.39, 0.29) is 17.0 Å². The van der Waals surface area contributed by atoms with Crippen LogP contribution >= 0.6 is 0 Å². The van der Waals surface area contributed by atoms with Crippen LogP contribution in [-0.4, -0.2) is 43.4 Å². The van der Waals surface area contributed by atoms with E-state index in [0.717, 1.165) is 40.3 Å². The number of anilines is 1. The Kier molecular flexibility index (Phi) is 8.13. The predicted octanol–water partition coefficient (Wildman–Crippen LogP) is 5.30. The van der Waals surface area contributed by atoms with E-state index in [2.05, 4.69) is 35.8 Å². The summed E-state index contributed by atoms with van der Waals surface area (Å²) in [5.41, 5.74) is 3.49. The summed E-state index contributed by atoms with van der Waals surface area (Å²) in [6.07, 6.45) is 4.31. The second-order valence-corrected chi connectivity index (χ2v) is 11.6. The SMILES string of the molecule is COc1cccc(-c2nn(C(C)(C)C)cc2-c2ccnc(NCCCNS(=O)(=O)c3ccc(F)cc3)c2)c1. The molecule has 0 unspecified atom stereocenters. The van der Waals surface area contributed by atoms with E-state index < -0.39 is 15.8 Å². The summed E-state index contributed by atoms with van der Waals surface area (Å²) in [7, 11) is -2.05. The first kappa shape index (κ1) is 27.3. The van der Waals surface area contributed by atoms with Crippen LogP contribution in [0.15, 0.2) is 78.0 Å². The van der Waals surface area contributed by atoms with Crippen molar-refractivity contribution in [2.45, 2.75) is 37.6 Å². The summed E-state index contributed by atoms with van der Waals surface area (Å²) in [6, 6.07) is 16.4. The van der Waals surface area contributed by atoms with Gasteiger partial charge in [0.05, 0.1) is 17.5 Å². The van der Waals surface area contributed by atoms with Crippen LogP contribution in [0.4, 0.5) is 10.2 Å². The lowest BCUT2D eigenvalue weighted by molar-refractivity contribution is 0.356. The topological polar surface area (TPSA) is 98.1 Å². The quantitative estimate of drug-likeness (QED) is 0.267. The zero-order chi connectivity index (χ0) is 27.3. The lowest BCUT2D eigenvalue weighted by Gasteiger charge is -2.18. The fraction of sp³-hybridized carbons (Fsp3) is 0.286. The molecule has 4 aromatic rings. The summed E-state index contributed by atoms with van der Waals surface area (Å²) in [4.78, 5) is 4.45. The summed E-state index contributed by atoms with van der Waals surface area (Å²) < 4.78 is 47.7. The Morgan fingerprint density at radius 1 is 1.00 bits per heavy atom. The number of pyridine rings is 1. The molecule has 0 radical (unpaired) electrons. The third-order valence-corrected chi connectivity index (χ3v) is 7.37. The molecule has 8 nitrogen and oxygen atoms in total. The molecule has 2 aromatic heterocycles. The van der Waals surface area contributed by atoms with Crippen molar-refractivity contribution < 1.29 is 17.5 Å². The second-order valence-electron chi connectivity index (χ2n) is 9.80. The minimum atomic E-state index is -3.69. The zero-order valence-corrected chi connectivity index (χ0v) is 22.7. The average molecular weight is 538 g/mol. The Hall–Kier alpha value is -3.76. The monoisotopic (exact) mass is 537 g/mol. The van der Waals surface area contributed by atoms with Crippen molar-refractivity contribution in [1.82, 2.24) is 19.5 Å². The van der Waals surface area contributed by atoms with Crippen LogP contribution in [0.25, 0.3) is 22.4 Å². The highest BCUT2D eigenvalue weighted by Crippen LogP contribution is 2.34. The molecule has 0 aliphatic carbocycles.